The van der Waals surface area contributed by atoms with Gasteiger partial charge in [-0.2, -0.15) is 0 Å². The lowest BCUT2D eigenvalue weighted by atomic mass is 9.98. The maximum atomic E-state index is 14.9. The second-order valence-corrected chi connectivity index (χ2v) is 13.1. The van der Waals surface area contributed by atoms with E-state index >= 15 is 0 Å². The fourth-order valence-corrected chi connectivity index (χ4v) is 7.25. The second kappa shape index (κ2) is 12.2. The zero-order valence-electron chi connectivity index (χ0n) is 23.2. The molecule has 0 atom stereocenters. The van der Waals surface area contributed by atoms with Gasteiger partial charge < -0.3 is 4.52 Å². The minimum atomic E-state index is -3.92. The van der Waals surface area contributed by atoms with E-state index in [2.05, 4.69) is 14.8 Å². The van der Waals surface area contributed by atoms with Crippen molar-refractivity contribution in [1.82, 2.24) is 10.1 Å². The zero-order valence-corrected chi connectivity index (χ0v) is 24.0. The Morgan fingerprint density at radius 3 is 2.61 bits per heavy atom. The molecule has 1 saturated carbocycles. The van der Waals surface area contributed by atoms with Crippen molar-refractivity contribution in [3.63, 3.8) is 0 Å². The van der Waals surface area contributed by atoms with Crippen LogP contribution in [-0.2, 0) is 36.0 Å². The number of hydrogen-bond acceptors (Lipinski definition) is 5. The van der Waals surface area contributed by atoms with E-state index in [4.69, 9.17) is 4.52 Å². The molecule has 1 aliphatic heterocycles. The third-order valence-corrected chi connectivity index (χ3v) is 9.78. The number of sulfonamides is 1. The van der Waals surface area contributed by atoms with Crippen LogP contribution in [0.4, 0.5) is 10.1 Å². The van der Waals surface area contributed by atoms with Gasteiger partial charge in [-0.25, -0.2) is 12.8 Å². The van der Waals surface area contributed by atoms with Crippen LogP contribution < -0.4 is 4.72 Å². The summed E-state index contributed by atoms with van der Waals surface area (Å²) in [6, 6.07) is 21.9. The Hall–Kier alpha value is -3.49. The molecule has 2 heterocycles. The monoisotopic (exact) mass is 573 g/mol. The molecule has 0 spiro atoms. The number of aromatic nitrogens is 1. The van der Waals surface area contributed by atoms with Crippen LogP contribution in [0.1, 0.15) is 61.0 Å². The highest BCUT2D eigenvalue weighted by atomic mass is 32.2. The lowest BCUT2D eigenvalue weighted by Crippen LogP contribution is -2.30. The lowest BCUT2D eigenvalue weighted by molar-refractivity contribution is 0.215. The highest BCUT2D eigenvalue weighted by Gasteiger charge is 2.23. The standard InChI is InChI=1S/C33H36FN3O3S/c34-31-19-25(10-6-9-24-7-4-5-8-24)13-16-32(31)36-41(38,39)30-15-14-28-22-37(18-17-27(28)20-30)23-29-21-33(35-40-29)26-11-2-1-3-12-26/h1-3,11-16,19-21,24,36H,4-10,17-18,22-23H2. The van der Waals surface area contributed by atoms with Crippen molar-refractivity contribution in [2.24, 2.45) is 5.92 Å². The van der Waals surface area contributed by atoms with Crippen LogP contribution in [-0.4, -0.2) is 25.0 Å². The Balaban J connectivity index is 1.06. The number of fused-ring (bicyclic) bond motifs is 1. The van der Waals surface area contributed by atoms with Gasteiger partial charge in [-0.15, -0.1) is 0 Å². The SMILES string of the molecule is O=S(=O)(Nc1ccc(CCCC2CCCC2)cc1F)c1ccc2c(c1)CCN(Cc1cc(-c3ccccc3)no1)C2. The van der Waals surface area contributed by atoms with E-state index in [9.17, 15) is 12.8 Å². The molecular weight excluding hydrogens is 537 g/mol. The zero-order chi connectivity index (χ0) is 28.2. The number of hydrogen-bond donors (Lipinski definition) is 1. The van der Waals surface area contributed by atoms with Crippen molar-refractivity contribution in [3.05, 3.63) is 101 Å². The van der Waals surface area contributed by atoms with Crippen molar-refractivity contribution in [3.8, 4) is 11.3 Å². The van der Waals surface area contributed by atoms with Crippen LogP contribution in [0, 0.1) is 11.7 Å². The molecule has 8 heteroatoms. The van der Waals surface area contributed by atoms with Gasteiger partial charge in [0.15, 0.2) is 5.76 Å². The fraction of sp³-hybridized carbons (Fsp3) is 0.364. The van der Waals surface area contributed by atoms with Crippen molar-refractivity contribution in [2.75, 3.05) is 11.3 Å². The van der Waals surface area contributed by atoms with Gasteiger partial charge in [-0.3, -0.25) is 9.62 Å². The number of benzene rings is 3. The number of nitrogens with zero attached hydrogens (tertiary/aromatic N) is 2. The number of rotatable bonds is 10. The summed E-state index contributed by atoms with van der Waals surface area (Å²) >= 11 is 0. The Labute approximate surface area is 241 Å². The molecule has 214 valence electrons. The van der Waals surface area contributed by atoms with E-state index in [1.54, 1.807) is 18.2 Å². The summed E-state index contributed by atoms with van der Waals surface area (Å²) in [6.45, 7) is 2.07. The van der Waals surface area contributed by atoms with Gasteiger partial charge in [0.05, 0.1) is 17.1 Å². The van der Waals surface area contributed by atoms with Gasteiger partial charge >= 0.3 is 0 Å². The molecule has 3 aromatic carbocycles. The molecule has 0 saturated heterocycles. The summed E-state index contributed by atoms with van der Waals surface area (Å²) in [7, 11) is -3.92. The molecule has 6 rings (SSSR count). The summed E-state index contributed by atoms with van der Waals surface area (Å²) in [5.74, 6) is 1.06. The van der Waals surface area contributed by atoms with Crippen molar-refractivity contribution in [2.45, 2.75) is 69.4 Å². The van der Waals surface area contributed by atoms with Gasteiger partial charge in [-0.05, 0) is 66.1 Å². The third-order valence-electron chi connectivity index (χ3n) is 8.42. The topological polar surface area (TPSA) is 75.4 Å². The predicted octanol–water partition coefficient (Wildman–Crippen LogP) is 7.35. The molecular formula is C33H36FN3O3S. The number of nitrogens with one attached hydrogen (secondary N) is 1. The lowest BCUT2D eigenvalue weighted by Gasteiger charge is -2.28. The number of anilines is 1. The van der Waals surface area contributed by atoms with Gasteiger partial charge in [0.1, 0.15) is 11.5 Å². The highest BCUT2D eigenvalue weighted by molar-refractivity contribution is 7.92. The van der Waals surface area contributed by atoms with E-state index in [1.807, 2.05) is 48.5 Å². The molecule has 1 aliphatic carbocycles. The van der Waals surface area contributed by atoms with Gasteiger partial charge in [0.2, 0.25) is 0 Å². The van der Waals surface area contributed by atoms with E-state index < -0.39 is 15.8 Å². The first-order valence-corrected chi connectivity index (χ1v) is 16.1. The molecule has 0 radical (unpaired) electrons. The summed E-state index contributed by atoms with van der Waals surface area (Å²) in [4.78, 5) is 2.40. The minimum Gasteiger partial charge on any atom is -0.359 e. The smallest absolute Gasteiger partial charge is 0.261 e. The second-order valence-electron chi connectivity index (χ2n) is 11.4. The molecule has 0 unspecified atom stereocenters. The van der Waals surface area contributed by atoms with Crippen molar-refractivity contribution < 1.29 is 17.3 Å². The summed E-state index contributed by atoms with van der Waals surface area (Å²) in [5.41, 5.74) is 4.78. The van der Waals surface area contributed by atoms with Crippen LogP contribution in [0.15, 0.2) is 82.2 Å². The first-order chi connectivity index (χ1) is 19.9. The normalized spacial score (nSPS) is 16.1. The molecule has 1 aromatic heterocycles. The predicted molar refractivity (Wildman–Crippen MR) is 158 cm³/mol. The molecule has 0 amide bonds. The third kappa shape index (κ3) is 6.71. The Morgan fingerprint density at radius 1 is 0.976 bits per heavy atom. The van der Waals surface area contributed by atoms with Gasteiger partial charge in [-0.1, -0.05) is 79.7 Å². The molecule has 1 N–H and O–H groups in total. The maximum Gasteiger partial charge on any atom is 0.261 e. The highest BCUT2D eigenvalue weighted by Crippen LogP contribution is 2.30. The van der Waals surface area contributed by atoms with Gasteiger partial charge in [0.25, 0.3) is 10.0 Å². The number of aryl methyl sites for hydroxylation is 1. The molecule has 4 aromatic rings. The Kier molecular flexibility index (Phi) is 8.21. The maximum absolute atomic E-state index is 14.9. The summed E-state index contributed by atoms with van der Waals surface area (Å²) < 4.78 is 49.2. The molecule has 6 nitrogen and oxygen atoms in total. The van der Waals surface area contributed by atoms with Crippen molar-refractivity contribution in [1.29, 1.82) is 0 Å². The summed E-state index contributed by atoms with van der Waals surface area (Å²) in [6.07, 6.45) is 9.03. The average molecular weight is 574 g/mol. The molecule has 1 fully saturated rings. The minimum absolute atomic E-state index is 0.0182. The van der Waals surface area contributed by atoms with Crippen LogP contribution >= 0.6 is 0 Å². The Bertz CT molecular complexity index is 1600. The van der Waals surface area contributed by atoms with E-state index in [1.165, 1.54) is 38.2 Å². The number of halogens is 1. The van der Waals surface area contributed by atoms with E-state index in [0.29, 0.717) is 19.5 Å². The van der Waals surface area contributed by atoms with Crippen LogP contribution in [0.5, 0.6) is 0 Å². The molecule has 41 heavy (non-hydrogen) atoms. The average Bonchev–Trinajstić information content (AvgIpc) is 3.67. The summed E-state index contributed by atoms with van der Waals surface area (Å²) in [5, 5.41) is 4.21. The van der Waals surface area contributed by atoms with Gasteiger partial charge in [0, 0.05) is 24.7 Å². The Morgan fingerprint density at radius 2 is 1.80 bits per heavy atom. The molecule has 0 bridgehead atoms. The van der Waals surface area contributed by atoms with Crippen LogP contribution in [0.3, 0.4) is 0 Å². The van der Waals surface area contributed by atoms with Crippen molar-refractivity contribution >= 4 is 15.7 Å². The largest absolute Gasteiger partial charge is 0.359 e. The fourth-order valence-electron chi connectivity index (χ4n) is 6.14. The first kappa shape index (κ1) is 27.7. The van der Waals surface area contributed by atoms with Crippen LogP contribution in [0.2, 0.25) is 0 Å². The first-order valence-electron chi connectivity index (χ1n) is 14.6. The van der Waals surface area contributed by atoms with Crippen LogP contribution in [0.25, 0.3) is 11.3 Å². The molecule has 2 aliphatic rings. The van der Waals surface area contributed by atoms with E-state index in [-0.39, 0.29) is 10.6 Å². The quantitative estimate of drug-likeness (QED) is 0.215. The van der Waals surface area contributed by atoms with E-state index in [0.717, 1.165) is 59.0 Å².